The number of rotatable bonds is 7. The Morgan fingerprint density at radius 3 is 2.28 bits per heavy atom. The number of sulfonamides is 1. The Balaban J connectivity index is 1.72. The maximum atomic E-state index is 13.2. The van der Waals surface area contributed by atoms with Crippen LogP contribution in [0.3, 0.4) is 0 Å². The molecule has 0 radical (unpaired) electrons. The maximum Gasteiger partial charge on any atom is 0.417 e. The summed E-state index contributed by atoms with van der Waals surface area (Å²) in [5.74, 6) is -0.625. The molecule has 3 rings (SSSR count). The molecule has 1 amide bonds. The van der Waals surface area contributed by atoms with Crippen LogP contribution in [0.15, 0.2) is 59.5 Å². The Hall–Kier alpha value is -2.43. The van der Waals surface area contributed by atoms with Gasteiger partial charge in [0, 0.05) is 25.2 Å². The monoisotopic (exact) mass is 470 g/mol. The number of hydrogen-bond donors (Lipinski definition) is 2. The molecule has 1 saturated heterocycles. The number of alkyl halides is 3. The van der Waals surface area contributed by atoms with Crippen molar-refractivity contribution in [1.82, 2.24) is 10.0 Å². The van der Waals surface area contributed by atoms with Gasteiger partial charge in [-0.3, -0.25) is 4.79 Å². The fourth-order valence-corrected chi connectivity index (χ4v) is 5.25. The van der Waals surface area contributed by atoms with Crippen LogP contribution in [-0.4, -0.2) is 40.1 Å². The highest BCUT2D eigenvalue weighted by Gasteiger charge is 2.38. The van der Waals surface area contributed by atoms with Crippen molar-refractivity contribution in [3.63, 3.8) is 0 Å². The average Bonchev–Trinajstić information content (AvgIpc) is 2.78. The molecule has 0 bridgehead atoms. The first-order chi connectivity index (χ1) is 15.1. The van der Waals surface area contributed by atoms with Crippen LogP contribution in [0.25, 0.3) is 0 Å². The second-order valence-corrected chi connectivity index (χ2v) is 9.50. The van der Waals surface area contributed by atoms with E-state index in [2.05, 4.69) is 10.0 Å². The summed E-state index contributed by atoms with van der Waals surface area (Å²) < 4.78 is 72.4. The maximum absolute atomic E-state index is 13.2. The van der Waals surface area contributed by atoms with Gasteiger partial charge in [0.1, 0.15) is 0 Å². The standard InChI is InChI=1S/C22H25F3N2O4S/c1-16(27-32(29,30)19-10-6-5-9-18(19)22(23,24)25)20(28)26-15-21(11-13-31-14-12-21)17-7-3-2-4-8-17/h2-10,16,27H,11-15H2,1H3,(H,26,28)/t16-/m0/s1. The molecular formula is C22H25F3N2O4S. The van der Waals surface area contributed by atoms with Gasteiger partial charge in [0.05, 0.1) is 16.5 Å². The quantitative estimate of drug-likeness (QED) is 0.651. The lowest BCUT2D eigenvalue weighted by Crippen LogP contribution is -2.50. The van der Waals surface area contributed by atoms with E-state index < -0.39 is 38.6 Å². The molecule has 6 nitrogen and oxygen atoms in total. The Bertz CT molecular complexity index is 1040. The SMILES string of the molecule is C[C@H](NS(=O)(=O)c1ccccc1C(F)(F)F)C(=O)NCC1(c2ccccc2)CCOCC1. The van der Waals surface area contributed by atoms with Gasteiger partial charge in [0.15, 0.2) is 0 Å². The van der Waals surface area contributed by atoms with E-state index in [0.29, 0.717) is 32.1 Å². The largest absolute Gasteiger partial charge is 0.417 e. The summed E-state index contributed by atoms with van der Waals surface area (Å²) in [7, 11) is -4.58. The van der Waals surface area contributed by atoms with Crippen LogP contribution >= 0.6 is 0 Å². The zero-order valence-electron chi connectivity index (χ0n) is 17.5. The lowest BCUT2D eigenvalue weighted by molar-refractivity contribution is -0.139. The Kier molecular flexibility index (Phi) is 7.26. The summed E-state index contributed by atoms with van der Waals surface area (Å²) >= 11 is 0. The van der Waals surface area contributed by atoms with Gasteiger partial charge in [0.2, 0.25) is 15.9 Å². The van der Waals surface area contributed by atoms with Crippen LogP contribution < -0.4 is 10.0 Å². The normalized spacial score (nSPS) is 17.5. The van der Waals surface area contributed by atoms with E-state index in [1.807, 2.05) is 30.3 Å². The number of hydrogen-bond acceptors (Lipinski definition) is 4. The van der Waals surface area contributed by atoms with E-state index in [0.717, 1.165) is 17.7 Å². The van der Waals surface area contributed by atoms with Crippen molar-refractivity contribution in [2.75, 3.05) is 19.8 Å². The van der Waals surface area contributed by atoms with Crippen LogP contribution in [-0.2, 0) is 31.1 Å². The smallest absolute Gasteiger partial charge is 0.381 e. The van der Waals surface area contributed by atoms with E-state index in [9.17, 15) is 26.4 Å². The molecule has 174 valence electrons. The summed E-state index contributed by atoms with van der Waals surface area (Å²) in [4.78, 5) is 11.7. The minimum absolute atomic E-state index is 0.254. The number of amides is 1. The summed E-state index contributed by atoms with van der Waals surface area (Å²) in [5.41, 5.74) is -0.613. The molecule has 2 N–H and O–H groups in total. The first kappa shape index (κ1) is 24.2. The number of nitrogens with one attached hydrogen (secondary N) is 2. The van der Waals surface area contributed by atoms with Crippen molar-refractivity contribution in [3.05, 3.63) is 65.7 Å². The van der Waals surface area contributed by atoms with Crippen molar-refractivity contribution < 1.29 is 31.1 Å². The van der Waals surface area contributed by atoms with Crippen molar-refractivity contribution in [2.45, 2.75) is 42.3 Å². The topological polar surface area (TPSA) is 84.5 Å². The van der Waals surface area contributed by atoms with Crippen LogP contribution in [0.4, 0.5) is 13.2 Å². The van der Waals surface area contributed by atoms with Crippen LogP contribution in [0.5, 0.6) is 0 Å². The third kappa shape index (κ3) is 5.48. The van der Waals surface area contributed by atoms with Gasteiger partial charge in [-0.15, -0.1) is 0 Å². The van der Waals surface area contributed by atoms with Gasteiger partial charge in [-0.05, 0) is 37.5 Å². The highest BCUT2D eigenvalue weighted by Crippen LogP contribution is 2.35. The van der Waals surface area contributed by atoms with Crippen LogP contribution in [0, 0.1) is 0 Å². The zero-order chi connectivity index (χ0) is 23.4. The van der Waals surface area contributed by atoms with Gasteiger partial charge >= 0.3 is 6.18 Å². The van der Waals surface area contributed by atoms with E-state index in [1.54, 1.807) is 0 Å². The molecule has 0 unspecified atom stereocenters. The van der Waals surface area contributed by atoms with E-state index in [-0.39, 0.29) is 12.0 Å². The number of benzene rings is 2. The first-order valence-electron chi connectivity index (χ1n) is 10.1. The third-order valence-corrected chi connectivity index (χ3v) is 7.24. The highest BCUT2D eigenvalue weighted by atomic mass is 32.2. The fraction of sp³-hybridized carbons (Fsp3) is 0.409. The zero-order valence-corrected chi connectivity index (χ0v) is 18.3. The average molecular weight is 471 g/mol. The summed E-state index contributed by atoms with van der Waals surface area (Å²) in [6.07, 6.45) is -3.49. The molecule has 0 saturated carbocycles. The van der Waals surface area contributed by atoms with E-state index in [4.69, 9.17) is 4.74 Å². The van der Waals surface area contributed by atoms with Gasteiger partial charge in [-0.2, -0.15) is 17.9 Å². The molecule has 2 aromatic carbocycles. The second kappa shape index (κ2) is 9.60. The first-order valence-corrected chi connectivity index (χ1v) is 11.6. The molecule has 1 atom stereocenters. The highest BCUT2D eigenvalue weighted by molar-refractivity contribution is 7.89. The van der Waals surface area contributed by atoms with Gasteiger partial charge in [-0.25, -0.2) is 8.42 Å². The minimum atomic E-state index is -4.85. The molecule has 1 aliphatic rings. The predicted molar refractivity (Wildman–Crippen MR) is 112 cm³/mol. The molecule has 0 spiro atoms. The molecular weight excluding hydrogens is 445 g/mol. The van der Waals surface area contributed by atoms with Crippen LogP contribution in [0.1, 0.15) is 30.9 Å². The molecule has 1 aliphatic heterocycles. The number of carbonyl (C=O) groups excluding carboxylic acids is 1. The minimum Gasteiger partial charge on any atom is -0.381 e. The molecule has 0 aliphatic carbocycles. The number of ether oxygens (including phenoxy) is 1. The Labute approximate surface area is 185 Å². The predicted octanol–water partition coefficient (Wildman–Crippen LogP) is 3.24. The van der Waals surface area contributed by atoms with Gasteiger partial charge in [-0.1, -0.05) is 42.5 Å². The molecule has 1 fully saturated rings. The number of halogens is 3. The second-order valence-electron chi connectivity index (χ2n) is 7.81. The molecule has 2 aromatic rings. The number of carbonyl (C=O) groups is 1. The van der Waals surface area contributed by atoms with Crippen molar-refractivity contribution in [1.29, 1.82) is 0 Å². The van der Waals surface area contributed by atoms with Crippen molar-refractivity contribution in [3.8, 4) is 0 Å². The van der Waals surface area contributed by atoms with Crippen LogP contribution in [0.2, 0.25) is 0 Å². The van der Waals surface area contributed by atoms with Gasteiger partial charge in [0.25, 0.3) is 0 Å². The summed E-state index contributed by atoms with van der Waals surface area (Å²) in [5, 5.41) is 2.77. The molecule has 10 heteroatoms. The molecule has 0 aromatic heterocycles. The third-order valence-electron chi connectivity index (χ3n) is 5.64. The van der Waals surface area contributed by atoms with E-state index in [1.165, 1.54) is 13.0 Å². The van der Waals surface area contributed by atoms with Gasteiger partial charge < -0.3 is 10.1 Å². The lowest BCUT2D eigenvalue weighted by Gasteiger charge is -2.38. The summed E-state index contributed by atoms with van der Waals surface area (Å²) in [6.45, 7) is 2.61. The fourth-order valence-electron chi connectivity index (χ4n) is 3.82. The molecule has 1 heterocycles. The van der Waals surface area contributed by atoms with Crippen molar-refractivity contribution >= 4 is 15.9 Å². The van der Waals surface area contributed by atoms with Crippen molar-refractivity contribution in [2.24, 2.45) is 0 Å². The summed E-state index contributed by atoms with van der Waals surface area (Å²) in [6, 6.07) is 12.2. The Morgan fingerprint density at radius 2 is 1.66 bits per heavy atom. The Morgan fingerprint density at radius 1 is 1.06 bits per heavy atom. The van der Waals surface area contributed by atoms with E-state index >= 15 is 0 Å². The molecule has 32 heavy (non-hydrogen) atoms. The lowest BCUT2D eigenvalue weighted by atomic mass is 9.74.